The second kappa shape index (κ2) is 7.06. The Hall–Kier alpha value is -3.88. The number of carbonyl (C=O) groups excluding carboxylic acids is 3. The number of piperazine rings is 1. The molecule has 2 unspecified atom stereocenters. The molecular weight excluding hydrogens is 447 g/mol. The number of nitrogens with zero attached hydrogens (tertiary/aromatic N) is 3. The zero-order chi connectivity index (χ0) is 23.8. The zero-order valence-corrected chi connectivity index (χ0v) is 17.7. The van der Waals surface area contributed by atoms with Crippen molar-refractivity contribution < 1.29 is 27.6 Å². The molecule has 34 heavy (non-hydrogen) atoms. The third-order valence-corrected chi connectivity index (χ3v) is 7.00. The molecule has 0 spiro atoms. The van der Waals surface area contributed by atoms with Crippen molar-refractivity contribution in [2.24, 2.45) is 0 Å². The van der Waals surface area contributed by atoms with Crippen LogP contribution in [-0.4, -0.2) is 52.3 Å². The maximum Gasteiger partial charge on any atom is 0.417 e. The van der Waals surface area contributed by atoms with Gasteiger partial charge in [0.25, 0.3) is 11.8 Å². The number of hydrogen-bond acceptors (Lipinski definition) is 3. The number of halogens is 3. The zero-order valence-electron chi connectivity index (χ0n) is 17.7. The Kier molecular flexibility index (Phi) is 4.30. The van der Waals surface area contributed by atoms with Crippen molar-refractivity contribution in [1.82, 2.24) is 9.80 Å². The minimum Gasteiger partial charge on any atom is -0.331 e. The fourth-order valence-corrected chi connectivity index (χ4v) is 5.59. The van der Waals surface area contributed by atoms with Crippen LogP contribution < -0.4 is 4.90 Å². The molecule has 3 saturated heterocycles. The standard InChI is InChI=1S/C25H18F3N3O3/c26-25(27,28)18-10-4-3-9-17(18)22(32)29-13-15-12-20(29)21-23(33)31(24(34)30(15)21)19-11-5-7-14-6-1-2-8-16(14)19/h1-11,15,20-21H,12-13H2/t15?,20?,21-/m1/s1. The molecule has 2 bridgehead atoms. The highest BCUT2D eigenvalue weighted by Crippen LogP contribution is 2.44. The van der Waals surface area contributed by atoms with E-state index in [1.807, 2.05) is 30.3 Å². The van der Waals surface area contributed by atoms with E-state index in [0.29, 0.717) is 12.1 Å². The average molecular weight is 465 g/mol. The van der Waals surface area contributed by atoms with Crippen LogP contribution in [0, 0.1) is 0 Å². The molecule has 172 valence electrons. The number of carbonyl (C=O) groups is 3. The highest BCUT2D eigenvalue weighted by atomic mass is 19.4. The van der Waals surface area contributed by atoms with E-state index in [9.17, 15) is 27.6 Å². The summed E-state index contributed by atoms with van der Waals surface area (Å²) in [6.45, 7) is 0.0919. The van der Waals surface area contributed by atoms with Gasteiger partial charge in [0.05, 0.1) is 28.9 Å². The summed E-state index contributed by atoms with van der Waals surface area (Å²) in [5, 5.41) is 1.61. The lowest BCUT2D eigenvalue weighted by atomic mass is 10.0. The number of likely N-dealkylation sites (tertiary alicyclic amines) is 1. The second-order valence-corrected chi connectivity index (χ2v) is 8.76. The Bertz CT molecular complexity index is 1370. The quantitative estimate of drug-likeness (QED) is 0.531. The van der Waals surface area contributed by atoms with Gasteiger partial charge in [0.2, 0.25) is 0 Å². The summed E-state index contributed by atoms with van der Waals surface area (Å²) in [7, 11) is 0. The van der Waals surface area contributed by atoms with E-state index < -0.39 is 53.3 Å². The van der Waals surface area contributed by atoms with Crippen molar-refractivity contribution in [3.8, 4) is 0 Å². The van der Waals surface area contributed by atoms with Gasteiger partial charge in [-0.2, -0.15) is 13.2 Å². The third-order valence-electron chi connectivity index (χ3n) is 7.00. The summed E-state index contributed by atoms with van der Waals surface area (Å²) >= 11 is 0. The normalized spacial score (nSPS) is 23.9. The Morgan fingerprint density at radius 3 is 2.41 bits per heavy atom. The summed E-state index contributed by atoms with van der Waals surface area (Å²) in [5.74, 6) is -1.24. The van der Waals surface area contributed by atoms with Gasteiger partial charge in [-0.05, 0) is 30.0 Å². The van der Waals surface area contributed by atoms with Crippen LogP contribution in [0.5, 0.6) is 0 Å². The van der Waals surface area contributed by atoms with Crippen molar-refractivity contribution in [3.63, 3.8) is 0 Å². The summed E-state index contributed by atoms with van der Waals surface area (Å²) in [6, 6.07) is 14.9. The van der Waals surface area contributed by atoms with Crippen molar-refractivity contribution in [2.75, 3.05) is 11.4 Å². The van der Waals surface area contributed by atoms with Crippen LogP contribution in [0.25, 0.3) is 10.8 Å². The molecule has 3 aromatic carbocycles. The molecular formula is C25H18F3N3O3. The molecule has 0 radical (unpaired) electrons. The first kappa shape index (κ1) is 20.7. The predicted octanol–water partition coefficient (Wildman–Crippen LogP) is 4.29. The molecule has 9 heteroatoms. The largest absolute Gasteiger partial charge is 0.417 e. The molecule has 3 aliphatic heterocycles. The first-order chi connectivity index (χ1) is 16.3. The maximum atomic E-state index is 13.5. The molecule has 0 saturated carbocycles. The van der Waals surface area contributed by atoms with Crippen LogP contribution in [0.2, 0.25) is 0 Å². The van der Waals surface area contributed by atoms with Crippen molar-refractivity contribution in [2.45, 2.75) is 30.7 Å². The highest BCUT2D eigenvalue weighted by Gasteiger charge is 2.63. The maximum absolute atomic E-state index is 13.5. The van der Waals surface area contributed by atoms with Gasteiger partial charge in [-0.1, -0.05) is 48.5 Å². The van der Waals surface area contributed by atoms with Crippen LogP contribution in [0.4, 0.5) is 23.7 Å². The van der Waals surface area contributed by atoms with E-state index in [4.69, 9.17) is 0 Å². The number of benzene rings is 3. The number of hydrogen-bond donors (Lipinski definition) is 0. The van der Waals surface area contributed by atoms with Gasteiger partial charge in [0.1, 0.15) is 6.04 Å². The molecule has 3 aromatic rings. The number of fused-ring (bicyclic) bond motifs is 6. The molecule has 0 aromatic heterocycles. The van der Waals surface area contributed by atoms with E-state index in [-0.39, 0.29) is 6.54 Å². The van der Waals surface area contributed by atoms with Crippen LogP contribution in [0.3, 0.4) is 0 Å². The topological polar surface area (TPSA) is 60.9 Å². The third kappa shape index (κ3) is 2.79. The van der Waals surface area contributed by atoms with E-state index in [0.717, 1.165) is 27.8 Å². The van der Waals surface area contributed by atoms with Gasteiger partial charge in [-0.15, -0.1) is 0 Å². The van der Waals surface area contributed by atoms with Gasteiger partial charge < -0.3 is 9.80 Å². The van der Waals surface area contributed by atoms with Gasteiger partial charge in [-0.25, -0.2) is 9.69 Å². The van der Waals surface area contributed by atoms with Crippen molar-refractivity contribution in [1.29, 1.82) is 0 Å². The monoisotopic (exact) mass is 465 g/mol. The van der Waals surface area contributed by atoms with Crippen LogP contribution >= 0.6 is 0 Å². The van der Waals surface area contributed by atoms with E-state index in [2.05, 4.69) is 0 Å². The van der Waals surface area contributed by atoms with Crippen LogP contribution in [-0.2, 0) is 11.0 Å². The number of urea groups is 1. The molecule has 3 fully saturated rings. The number of amides is 4. The average Bonchev–Trinajstić information content (AvgIpc) is 3.49. The van der Waals surface area contributed by atoms with E-state index >= 15 is 0 Å². The van der Waals surface area contributed by atoms with Gasteiger partial charge in [0, 0.05) is 11.9 Å². The summed E-state index contributed by atoms with van der Waals surface area (Å²) < 4.78 is 40.5. The minimum atomic E-state index is -4.68. The Labute approximate surface area is 192 Å². The van der Waals surface area contributed by atoms with Gasteiger partial charge in [0.15, 0.2) is 0 Å². The molecule has 6 rings (SSSR count). The van der Waals surface area contributed by atoms with Crippen molar-refractivity contribution >= 4 is 34.3 Å². The summed E-state index contributed by atoms with van der Waals surface area (Å²) in [4.78, 5) is 44.0. The summed E-state index contributed by atoms with van der Waals surface area (Å²) in [6.07, 6.45) is -4.31. The number of anilines is 1. The lowest BCUT2D eigenvalue weighted by Gasteiger charge is -2.35. The van der Waals surface area contributed by atoms with Gasteiger partial charge in [-0.3, -0.25) is 9.59 Å². The number of rotatable bonds is 2. The molecule has 3 aliphatic rings. The first-order valence-corrected chi connectivity index (χ1v) is 10.9. The molecule has 4 amide bonds. The molecule has 3 heterocycles. The second-order valence-electron chi connectivity index (χ2n) is 8.76. The Morgan fingerprint density at radius 2 is 1.62 bits per heavy atom. The summed E-state index contributed by atoms with van der Waals surface area (Å²) in [5.41, 5.74) is -0.996. The molecule has 0 N–H and O–H groups in total. The SMILES string of the molecule is O=C1[C@H]2C3CC(CN3C(=O)c3ccccc3C(F)(F)F)N2C(=O)N1c1cccc2ccccc12. The molecule has 3 atom stereocenters. The van der Waals surface area contributed by atoms with E-state index in [1.54, 1.807) is 12.1 Å². The fourth-order valence-electron chi connectivity index (χ4n) is 5.59. The fraction of sp³-hybridized carbons (Fsp3) is 0.240. The van der Waals surface area contributed by atoms with Crippen LogP contribution in [0.15, 0.2) is 66.7 Å². The Morgan fingerprint density at radius 1 is 0.912 bits per heavy atom. The van der Waals surface area contributed by atoms with Crippen molar-refractivity contribution in [3.05, 3.63) is 77.9 Å². The molecule has 0 aliphatic carbocycles. The smallest absolute Gasteiger partial charge is 0.331 e. The lowest BCUT2D eigenvalue weighted by Crippen LogP contribution is -2.55. The van der Waals surface area contributed by atoms with E-state index in [1.165, 1.54) is 21.9 Å². The predicted molar refractivity (Wildman–Crippen MR) is 117 cm³/mol. The van der Waals surface area contributed by atoms with Gasteiger partial charge >= 0.3 is 12.2 Å². The lowest BCUT2D eigenvalue weighted by molar-refractivity contribution is -0.138. The first-order valence-electron chi connectivity index (χ1n) is 10.9. The van der Waals surface area contributed by atoms with Crippen LogP contribution in [0.1, 0.15) is 22.3 Å². The number of alkyl halides is 3. The number of imide groups is 1. The minimum absolute atomic E-state index is 0.0919. The molecule has 6 nitrogen and oxygen atoms in total. The highest BCUT2D eigenvalue weighted by molar-refractivity contribution is 6.25. The Balaban J connectivity index is 1.35.